The zero-order valence-electron chi connectivity index (χ0n) is 15.8. The highest BCUT2D eigenvalue weighted by Gasteiger charge is 2.32. The molecule has 0 bridgehead atoms. The maximum Gasteiger partial charge on any atom is 0.225 e. The molecule has 0 aliphatic carbocycles. The van der Waals surface area contributed by atoms with Gasteiger partial charge in [-0.3, -0.25) is 4.79 Å². The van der Waals surface area contributed by atoms with Gasteiger partial charge < -0.3 is 14.5 Å². The van der Waals surface area contributed by atoms with Gasteiger partial charge in [0.15, 0.2) is 0 Å². The number of amides is 1. The second-order valence-electron chi connectivity index (χ2n) is 7.69. The molecule has 0 aromatic carbocycles. The van der Waals surface area contributed by atoms with Crippen LogP contribution in [0, 0.1) is 5.92 Å². The average molecular weight is 346 g/mol. The van der Waals surface area contributed by atoms with Gasteiger partial charge in [0, 0.05) is 44.2 Å². The summed E-state index contributed by atoms with van der Waals surface area (Å²) in [5, 5.41) is 0. The van der Waals surface area contributed by atoms with Gasteiger partial charge in [-0.15, -0.1) is 0 Å². The van der Waals surface area contributed by atoms with Crippen LogP contribution in [0.5, 0.6) is 0 Å². The molecule has 2 saturated heterocycles. The third-order valence-corrected chi connectivity index (χ3v) is 5.08. The first-order valence-corrected chi connectivity index (χ1v) is 9.46. The fraction of sp³-hybridized carbons (Fsp3) is 0.737. The molecule has 2 unspecified atom stereocenters. The lowest BCUT2D eigenvalue weighted by Crippen LogP contribution is -2.51. The number of aromatic nitrogens is 2. The predicted molar refractivity (Wildman–Crippen MR) is 97.6 cm³/mol. The fourth-order valence-electron chi connectivity index (χ4n) is 3.79. The van der Waals surface area contributed by atoms with Crippen molar-refractivity contribution in [3.8, 4) is 0 Å². The summed E-state index contributed by atoms with van der Waals surface area (Å²) in [6.07, 6.45) is 3.87. The quantitative estimate of drug-likeness (QED) is 0.841. The Kier molecular flexibility index (Phi) is 5.57. The van der Waals surface area contributed by atoms with Crippen LogP contribution >= 0.6 is 0 Å². The van der Waals surface area contributed by atoms with Crippen LogP contribution in [0.25, 0.3) is 0 Å². The molecule has 0 radical (unpaired) electrons. The zero-order valence-corrected chi connectivity index (χ0v) is 15.8. The number of carbonyl (C=O) groups excluding carboxylic acids is 1. The monoisotopic (exact) mass is 346 g/mol. The summed E-state index contributed by atoms with van der Waals surface area (Å²) in [6.45, 7) is 11.5. The predicted octanol–water partition coefficient (Wildman–Crippen LogP) is 2.45. The van der Waals surface area contributed by atoms with Crippen molar-refractivity contribution in [3.63, 3.8) is 0 Å². The zero-order chi connectivity index (χ0) is 18.0. The molecule has 6 nitrogen and oxygen atoms in total. The summed E-state index contributed by atoms with van der Waals surface area (Å²) >= 11 is 0. The first kappa shape index (κ1) is 18.1. The number of hydrogen-bond donors (Lipinski definition) is 0. The van der Waals surface area contributed by atoms with Crippen LogP contribution < -0.4 is 4.90 Å². The number of carbonyl (C=O) groups is 1. The van der Waals surface area contributed by atoms with Gasteiger partial charge in [0.05, 0.1) is 12.2 Å². The molecule has 2 atom stereocenters. The summed E-state index contributed by atoms with van der Waals surface area (Å²) in [7, 11) is 0. The number of rotatable bonds is 3. The fourth-order valence-corrected chi connectivity index (χ4v) is 3.79. The highest BCUT2D eigenvalue weighted by atomic mass is 16.5. The molecule has 1 aromatic rings. The summed E-state index contributed by atoms with van der Waals surface area (Å²) in [5.74, 6) is 2.61. The van der Waals surface area contributed by atoms with Crippen molar-refractivity contribution in [2.45, 2.75) is 58.7 Å². The van der Waals surface area contributed by atoms with E-state index in [-0.39, 0.29) is 18.1 Å². The van der Waals surface area contributed by atoms with Gasteiger partial charge in [0.1, 0.15) is 11.6 Å². The van der Waals surface area contributed by atoms with E-state index in [9.17, 15) is 4.79 Å². The maximum absolute atomic E-state index is 12.9. The molecule has 0 spiro atoms. The van der Waals surface area contributed by atoms with Crippen molar-refractivity contribution < 1.29 is 9.53 Å². The van der Waals surface area contributed by atoms with Gasteiger partial charge in [-0.25, -0.2) is 9.97 Å². The topological polar surface area (TPSA) is 58.6 Å². The standard InChI is InChI=1S/C19H30N4O2/c1-13(2)18-20-8-5-17(21-18)22-9-6-16(7-10-22)19(24)23-11-14(3)25-15(4)12-23/h5,8,13-16H,6-7,9-12H2,1-4H3. The molecule has 6 heteroatoms. The molecule has 0 saturated carbocycles. The Morgan fingerprint density at radius 2 is 1.84 bits per heavy atom. The van der Waals surface area contributed by atoms with E-state index in [1.54, 1.807) is 0 Å². The molecule has 25 heavy (non-hydrogen) atoms. The third kappa shape index (κ3) is 4.29. The van der Waals surface area contributed by atoms with E-state index in [0.717, 1.165) is 37.6 Å². The molecule has 3 heterocycles. The third-order valence-electron chi connectivity index (χ3n) is 5.08. The van der Waals surface area contributed by atoms with E-state index in [1.165, 1.54) is 0 Å². The first-order valence-electron chi connectivity index (χ1n) is 9.46. The van der Waals surface area contributed by atoms with Crippen LogP contribution in [0.15, 0.2) is 12.3 Å². The van der Waals surface area contributed by atoms with Crippen molar-refractivity contribution in [2.24, 2.45) is 5.92 Å². The number of morpholine rings is 1. The highest BCUT2D eigenvalue weighted by molar-refractivity contribution is 5.79. The summed E-state index contributed by atoms with van der Waals surface area (Å²) in [4.78, 5) is 26.2. The summed E-state index contributed by atoms with van der Waals surface area (Å²) in [6, 6.07) is 1.97. The Balaban J connectivity index is 1.58. The van der Waals surface area contributed by atoms with Gasteiger partial charge in [-0.1, -0.05) is 13.8 Å². The van der Waals surface area contributed by atoms with E-state index in [4.69, 9.17) is 4.74 Å². The second-order valence-corrected chi connectivity index (χ2v) is 7.69. The van der Waals surface area contributed by atoms with Crippen molar-refractivity contribution in [1.82, 2.24) is 14.9 Å². The second kappa shape index (κ2) is 7.68. The lowest BCUT2D eigenvalue weighted by atomic mass is 9.94. The minimum Gasteiger partial charge on any atom is -0.372 e. The Morgan fingerprint density at radius 1 is 1.20 bits per heavy atom. The molecule has 2 aliphatic rings. The Hall–Kier alpha value is -1.69. The normalized spacial score (nSPS) is 25.5. The molecule has 138 valence electrons. The molecule has 1 amide bonds. The molecular formula is C19H30N4O2. The number of ether oxygens (including phenoxy) is 1. The Labute approximate surface area is 150 Å². The largest absolute Gasteiger partial charge is 0.372 e. The van der Waals surface area contributed by atoms with E-state index >= 15 is 0 Å². The SMILES string of the molecule is CC1CN(C(=O)C2CCN(c3ccnc(C(C)C)n3)CC2)CC(C)O1. The Bertz CT molecular complexity index is 589. The van der Waals surface area contributed by atoms with Crippen LogP contribution in [0.4, 0.5) is 5.82 Å². The van der Waals surface area contributed by atoms with Crippen LogP contribution in [0.3, 0.4) is 0 Å². The molecule has 3 rings (SSSR count). The minimum atomic E-state index is 0.125. The average Bonchev–Trinajstić information content (AvgIpc) is 2.60. The van der Waals surface area contributed by atoms with Crippen LogP contribution in [0.2, 0.25) is 0 Å². The maximum atomic E-state index is 12.9. The molecule has 1 aromatic heterocycles. The van der Waals surface area contributed by atoms with Gasteiger partial charge in [0.25, 0.3) is 0 Å². The molecule has 2 aliphatic heterocycles. The van der Waals surface area contributed by atoms with Crippen molar-refractivity contribution in [3.05, 3.63) is 18.1 Å². The minimum absolute atomic E-state index is 0.125. The van der Waals surface area contributed by atoms with Gasteiger partial charge >= 0.3 is 0 Å². The number of piperidine rings is 1. The van der Waals surface area contributed by atoms with E-state index in [1.807, 2.05) is 31.0 Å². The first-order chi connectivity index (χ1) is 11.9. The smallest absolute Gasteiger partial charge is 0.225 e. The van der Waals surface area contributed by atoms with E-state index in [0.29, 0.717) is 24.9 Å². The van der Waals surface area contributed by atoms with Gasteiger partial charge in [-0.05, 0) is 32.8 Å². The Morgan fingerprint density at radius 3 is 2.44 bits per heavy atom. The van der Waals surface area contributed by atoms with Crippen molar-refractivity contribution in [1.29, 1.82) is 0 Å². The number of nitrogens with zero attached hydrogens (tertiary/aromatic N) is 4. The highest BCUT2D eigenvalue weighted by Crippen LogP contribution is 2.25. The molecule has 0 N–H and O–H groups in total. The number of anilines is 1. The van der Waals surface area contributed by atoms with Crippen LogP contribution in [-0.2, 0) is 9.53 Å². The molecule has 2 fully saturated rings. The van der Waals surface area contributed by atoms with Gasteiger partial charge in [-0.2, -0.15) is 0 Å². The van der Waals surface area contributed by atoms with Crippen molar-refractivity contribution >= 4 is 11.7 Å². The summed E-state index contributed by atoms with van der Waals surface area (Å²) in [5.41, 5.74) is 0. The van der Waals surface area contributed by atoms with Crippen molar-refractivity contribution in [2.75, 3.05) is 31.1 Å². The van der Waals surface area contributed by atoms with Crippen LogP contribution in [0.1, 0.15) is 52.3 Å². The summed E-state index contributed by atoms with van der Waals surface area (Å²) < 4.78 is 5.74. The van der Waals surface area contributed by atoms with E-state index in [2.05, 4.69) is 28.7 Å². The lowest BCUT2D eigenvalue weighted by molar-refractivity contribution is -0.148. The number of hydrogen-bond acceptors (Lipinski definition) is 5. The van der Waals surface area contributed by atoms with Crippen LogP contribution in [-0.4, -0.2) is 59.2 Å². The molecular weight excluding hydrogens is 316 g/mol. The lowest BCUT2D eigenvalue weighted by Gasteiger charge is -2.39. The van der Waals surface area contributed by atoms with Gasteiger partial charge in [0.2, 0.25) is 5.91 Å². The van der Waals surface area contributed by atoms with E-state index < -0.39 is 0 Å².